The smallest absolute Gasteiger partial charge is 0.318 e. The molecular weight excluding hydrogens is 370 g/mol. The summed E-state index contributed by atoms with van der Waals surface area (Å²) < 4.78 is 2.21. The summed E-state index contributed by atoms with van der Waals surface area (Å²) in [5.41, 5.74) is 5.10. The number of benzene rings is 2. The van der Waals surface area contributed by atoms with Gasteiger partial charge in [0.2, 0.25) is 0 Å². The highest BCUT2D eigenvalue weighted by atomic mass is 35.5. The number of aryl methyl sites for hydroxylation is 1. The van der Waals surface area contributed by atoms with Crippen molar-refractivity contribution in [1.82, 2.24) is 9.47 Å². The van der Waals surface area contributed by atoms with Gasteiger partial charge in [0.15, 0.2) is 0 Å². The number of para-hydroxylation sites is 1. The van der Waals surface area contributed by atoms with Crippen LogP contribution in [0, 0.1) is 12.8 Å². The van der Waals surface area contributed by atoms with Crippen molar-refractivity contribution < 1.29 is 4.79 Å². The van der Waals surface area contributed by atoms with Crippen molar-refractivity contribution in [2.75, 3.05) is 5.32 Å². The second-order valence-electron chi connectivity index (χ2n) is 7.64. The number of nitrogens with one attached hydrogen (secondary N) is 1. The van der Waals surface area contributed by atoms with Crippen LogP contribution in [0.4, 0.5) is 10.5 Å². The molecule has 4 rings (SSSR count). The quantitative estimate of drug-likeness (QED) is 0.554. The molecule has 1 aliphatic rings. The van der Waals surface area contributed by atoms with E-state index in [1.54, 1.807) is 6.07 Å². The number of hydrogen-bond donors (Lipinski definition) is 1. The minimum atomic E-state index is -0.117. The third kappa shape index (κ3) is 3.29. The number of fused-ring (bicyclic) bond motifs is 3. The molecule has 28 heavy (non-hydrogen) atoms. The van der Waals surface area contributed by atoms with Crippen LogP contribution in [0.1, 0.15) is 36.7 Å². The first kappa shape index (κ1) is 18.6. The van der Waals surface area contributed by atoms with E-state index in [0.29, 0.717) is 11.6 Å². The fraction of sp³-hybridized carbons (Fsp3) is 0.261. The van der Waals surface area contributed by atoms with Crippen molar-refractivity contribution in [1.29, 1.82) is 0 Å². The Morgan fingerprint density at radius 3 is 2.71 bits per heavy atom. The molecule has 1 atom stereocenters. The summed E-state index contributed by atoms with van der Waals surface area (Å²) in [5.74, 6) is 0.258. The molecule has 0 aliphatic carbocycles. The summed E-state index contributed by atoms with van der Waals surface area (Å²) in [6.45, 7) is 6.83. The number of amides is 2. The molecule has 0 saturated carbocycles. The van der Waals surface area contributed by atoms with Crippen LogP contribution in [0.15, 0.2) is 60.8 Å². The largest absolute Gasteiger partial charge is 0.322 e. The second kappa shape index (κ2) is 7.36. The van der Waals surface area contributed by atoms with E-state index in [2.05, 4.69) is 48.1 Å². The Bertz CT molecular complexity index is 1020. The van der Waals surface area contributed by atoms with Crippen molar-refractivity contribution in [2.24, 2.45) is 5.92 Å². The van der Waals surface area contributed by atoms with Crippen LogP contribution in [0.3, 0.4) is 0 Å². The fourth-order valence-electron chi connectivity index (χ4n) is 3.99. The highest BCUT2D eigenvalue weighted by Crippen LogP contribution is 2.37. The molecule has 5 heteroatoms. The Morgan fingerprint density at radius 1 is 1.14 bits per heavy atom. The summed E-state index contributed by atoms with van der Waals surface area (Å²) in [5, 5.41) is 3.69. The summed E-state index contributed by atoms with van der Waals surface area (Å²) in [6.07, 6.45) is 2.08. The molecule has 3 aromatic rings. The van der Waals surface area contributed by atoms with E-state index < -0.39 is 0 Å². The van der Waals surface area contributed by atoms with Gasteiger partial charge in [-0.1, -0.05) is 49.7 Å². The minimum Gasteiger partial charge on any atom is -0.318 e. The maximum Gasteiger partial charge on any atom is 0.322 e. The van der Waals surface area contributed by atoms with Crippen molar-refractivity contribution >= 4 is 23.3 Å². The van der Waals surface area contributed by atoms with E-state index >= 15 is 0 Å². The maximum absolute atomic E-state index is 13.4. The molecule has 0 bridgehead atoms. The molecule has 1 N–H and O–H groups in total. The molecule has 0 saturated heterocycles. The van der Waals surface area contributed by atoms with E-state index in [4.69, 9.17) is 11.6 Å². The number of urea groups is 1. The number of aromatic nitrogens is 1. The number of anilines is 1. The molecule has 1 aromatic heterocycles. The third-order valence-electron chi connectivity index (χ3n) is 5.34. The lowest BCUT2D eigenvalue weighted by Crippen LogP contribution is -2.39. The predicted octanol–water partition coefficient (Wildman–Crippen LogP) is 6.18. The molecule has 0 radical (unpaired) electrons. The van der Waals surface area contributed by atoms with E-state index in [-0.39, 0.29) is 18.0 Å². The molecule has 4 nitrogen and oxygen atoms in total. The maximum atomic E-state index is 13.4. The normalized spacial score (nSPS) is 15.8. The number of hydrogen-bond acceptors (Lipinski definition) is 1. The molecule has 2 heterocycles. The Kier molecular flexibility index (Phi) is 4.90. The Hall–Kier alpha value is -2.72. The van der Waals surface area contributed by atoms with Crippen LogP contribution >= 0.6 is 11.6 Å². The van der Waals surface area contributed by atoms with Gasteiger partial charge in [-0.3, -0.25) is 0 Å². The Labute approximate surface area is 170 Å². The van der Waals surface area contributed by atoms with Gasteiger partial charge in [0.05, 0.1) is 18.3 Å². The van der Waals surface area contributed by atoms with Gasteiger partial charge in [-0.05, 0) is 54.3 Å². The topological polar surface area (TPSA) is 37.3 Å². The van der Waals surface area contributed by atoms with Crippen LogP contribution < -0.4 is 5.32 Å². The van der Waals surface area contributed by atoms with Gasteiger partial charge in [-0.15, -0.1) is 0 Å². The molecule has 0 spiro atoms. The first-order valence-electron chi connectivity index (χ1n) is 9.55. The van der Waals surface area contributed by atoms with Gasteiger partial charge in [0.25, 0.3) is 0 Å². The lowest BCUT2D eigenvalue weighted by atomic mass is 9.99. The van der Waals surface area contributed by atoms with Gasteiger partial charge in [-0.25, -0.2) is 4.79 Å². The molecule has 2 aromatic carbocycles. The van der Waals surface area contributed by atoms with Gasteiger partial charge >= 0.3 is 6.03 Å². The average molecular weight is 394 g/mol. The SMILES string of the molecule is Cc1ccc(Cl)cc1NC(=O)N1Cc2ccccc2-n2cccc2[C@@H]1C(C)C. The first-order chi connectivity index (χ1) is 13.5. The lowest BCUT2D eigenvalue weighted by molar-refractivity contribution is 0.162. The second-order valence-corrected chi connectivity index (χ2v) is 8.07. The molecule has 0 unspecified atom stereocenters. The predicted molar refractivity (Wildman–Crippen MR) is 114 cm³/mol. The number of carbonyl (C=O) groups is 1. The Balaban J connectivity index is 1.77. The fourth-order valence-corrected chi connectivity index (χ4v) is 4.16. The zero-order valence-corrected chi connectivity index (χ0v) is 17.1. The van der Waals surface area contributed by atoms with Crippen molar-refractivity contribution in [3.63, 3.8) is 0 Å². The first-order valence-corrected chi connectivity index (χ1v) is 9.93. The van der Waals surface area contributed by atoms with Crippen LogP contribution in [0.2, 0.25) is 5.02 Å². The monoisotopic (exact) mass is 393 g/mol. The van der Waals surface area contributed by atoms with Gasteiger partial charge < -0.3 is 14.8 Å². The third-order valence-corrected chi connectivity index (χ3v) is 5.58. The summed E-state index contributed by atoms with van der Waals surface area (Å²) >= 11 is 6.14. The minimum absolute atomic E-state index is 0.0399. The van der Waals surface area contributed by atoms with Gasteiger partial charge in [-0.2, -0.15) is 0 Å². The highest BCUT2D eigenvalue weighted by molar-refractivity contribution is 6.31. The van der Waals surface area contributed by atoms with E-state index in [0.717, 1.165) is 28.2 Å². The van der Waals surface area contributed by atoms with E-state index in [1.165, 1.54) is 0 Å². The summed E-state index contributed by atoms with van der Waals surface area (Å²) in [6, 6.07) is 17.8. The molecule has 144 valence electrons. The highest BCUT2D eigenvalue weighted by Gasteiger charge is 2.33. The summed E-state index contributed by atoms with van der Waals surface area (Å²) in [4.78, 5) is 15.3. The molecule has 1 aliphatic heterocycles. The molecular formula is C23H24ClN3O. The standard InChI is InChI=1S/C23H24ClN3O/c1-15(2)22-21-9-6-12-26(21)20-8-5-4-7-17(20)14-27(22)23(28)25-19-13-18(24)11-10-16(19)3/h4-13,15,22H,14H2,1-3H3,(H,25,28)/t22-/m0/s1. The van der Waals surface area contributed by atoms with Crippen molar-refractivity contribution in [3.8, 4) is 5.69 Å². The number of carbonyl (C=O) groups excluding carboxylic acids is 1. The van der Waals surface area contributed by atoms with E-state index in [9.17, 15) is 4.79 Å². The van der Waals surface area contributed by atoms with Crippen LogP contribution in [-0.4, -0.2) is 15.5 Å². The van der Waals surface area contributed by atoms with E-state index in [1.807, 2.05) is 42.2 Å². The van der Waals surface area contributed by atoms with Crippen molar-refractivity contribution in [3.05, 3.63) is 82.6 Å². The van der Waals surface area contributed by atoms with Crippen LogP contribution in [0.5, 0.6) is 0 Å². The van der Waals surface area contributed by atoms with Gasteiger partial charge in [0, 0.05) is 22.6 Å². The lowest BCUT2D eigenvalue weighted by Gasteiger charge is -2.33. The zero-order chi connectivity index (χ0) is 19.8. The summed E-state index contributed by atoms with van der Waals surface area (Å²) in [7, 11) is 0. The molecule has 0 fully saturated rings. The molecule has 2 amide bonds. The number of rotatable bonds is 2. The number of nitrogens with zero attached hydrogens (tertiary/aromatic N) is 2. The zero-order valence-electron chi connectivity index (χ0n) is 16.3. The van der Waals surface area contributed by atoms with Crippen molar-refractivity contribution in [2.45, 2.75) is 33.4 Å². The van der Waals surface area contributed by atoms with Crippen LogP contribution in [0.25, 0.3) is 5.69 Å². The van der Waals surface area contributed by atoms with Crippen LogP contribution in [-0.2, 0) is 6.54 Å². The Morgan fingerprint density at radius 2 is 1.93 bits per heavy atom. The average Bonchev–Trinajstić information content (AvgIpc) is 3.08. The number of halogens is 1. The van der Waals surface area contributed by atoms with Gasteiger partial charge in [0.1, 0.15) is 0 Å².